The fourth-order valence-electron chi connectivity index (χ4n) is 2.81. The number of hydrogen-bond acceptors (Lipinski definition) is 4. The van der Waals surface area contributed by atoms with Crippen LogP contribution in [0.2, 0.25) is 0 Å². The molecular weight excluding hydrogens is 342 g/mol. The van der Waals surface area contributed by atoms with Crippen LogP contribution >= 0.6 is 0 Å². The van der Waals surface area contributed by atoms with Gasteiger partial charge in [0.1, 0.15) is 35.4 Å². The third-order valence-electron chi connectivity index (χ3n) is 4.04. The van der Waals surface area contributed by atoms with Crippen LogP contribution in [0, 0.1) is 11.6 Å². The molecule has 0 saturated carbocycles. The van der Waals surface area contributed by atoms with Gasteiger partial charge in [-0.2, -0.15) is 5.10 Å². The maximum atomic E-state index is 13.1. The standard InChI is InChI=1S/C18H14F2N4O2/c19-12-1-3-15(4-2-12)23-5-6-24-17(18(23)25)8-14(22-24)11-26-16-7-13(20)9-21-10-16/h1-4,7-10H,5-6,11H2. The number of carbonyl (C=O) groups is 1. The molecule has 3 heterocycles. The number of benzene rings is 1. The molecule has 2 aromatic heterocycles. The minimum atomic E-state index is -0.489. The molecule has 0 spiro atoms. The van der Waals surface area contributed by atoms with Crippen molar-refractivity contribution in [2.75, 3.05) is 11.4 Å². The van der Waals surface area contributed by atoms with Gasteiger partial charge in [0.15, 0.2) is 0 Å². The molecule has 3 aromatic rings. The maximum absolute atomic E-state index is 13.1. The van der Waals surface area contributed by atoms with Crippen molar-refractivity contribution in [2.45, 2.75) is 13.2 Å². The van der Waals surface area contributed by atoms with Gasteiger partial charge in [0.2, 0.25) is 0 Å². The molecule has 0 atom stereocenters. The van der Waals surface area contributed by atoms with E-state index in [1.54, 1.807) is 27.8 Å². The first kappa shape index (κ1) is 16.2. The Bertz CT molecular complexity index is 956. The molecule has 0 N–H and O–H groups in total. The van der Waals surface area contributed by atoms with Crippen LogP contribution < -0.4 is 9.64 Å². The van der Waals surface area contributed by atoms with E-state index in [2.05, 4.69) is 10.1 Å². The lowest BCUT2D eigenvalue weighted by Gasteiger charge is -2.27. The summed E-state index contributed by atoms with van der Waals surface area (Å²) in [7, 11) is 0. The molecule has 4 rings (SSSR count). The Kier molecular flexibility index (Phi) is 4.08. The molecule has 1 amide bonds. The molecule has 0 fully saturated rings. The zero-order valence-electron chi connectivity index (χ0n) is 13.6. The number of hydrogen-bond donors (Lipinski definition) is 0. The van der Waals surface area contributed by atoms with E-state index in [1.807, 2.05) is 0 Å². The zero-order chi connectivity index (χ0) is 18.1. The van der Waals surface area contributed by atoms with E-state index < -0.39 is 5.82 Å². The van der Waals surface area contributed by atoms with Crippen LogP contribution in [0.15, 0.2) is 48.8 Å². The predicted molar refractivity (Wildman–Crippen MR) is 88.8 cm³/mol. The van der Waals surface area contributed by atoms with Crippen LogP contribution in [0.1, 0.15) is 16.2 Å². The molecule has 0 saturated heterocycles. The summed E-state index contributed by atoms with van der Waals surface area (Å²) in [6.45, 7) is 1.04. The largest absolute Gasteiger partial charge is 0.486 e. The van der Waals surface area contributed by atoms with E-state index in [-0.39, 0.29) is 24.1 Å². The minimum absolute atomic E-state index is 0.0922. The highest BCUT2D eigenvalue weighted by molar-refractivity contribution is 6.05. The highest BCUT2D eigenvalue weighted by atomic mass is 19.1. The number of ether oxygens (including phenoxy) is 1. The van der Waals surface area contributed by atoms with Gasteiger partial charge in [0.25, 0.3) is 5.91 Å². The molecule has 0 bridgehead atoms. The highest BCUT2D eigenvalue weighted by Crippen LogP contribution is 2.22. The Hall–Kier alpha value is -3.29. The number of carbonyl (C=O) groups excluding carboxylic acids is 1. The van der Waals surface area contributed by atoms with Gasteiger partial charge in [-0.1, -0.05) is 0 Å². The van der Waals surface area contributed by atoms with Crippen LogP contribution in [0.3, 0.4) is 0 Å². The summed E-state index contributed by atoms with van der Waals surface area (Å²) in [5.41, 5.74) is 1.61. The van der Waals surface area contributed by atoms with Crippen molar-refractivity contribution in [3.63, 3.8) is 0 Å². The van der Waals surface area contributed by atoms with Crippen molar-refractivity contribution in [3.05, 3.63) is 71.8 Å². The average molecular weight is 356 g/mol. The number of halogens is 2. The van der Waals surface area contributed by atoms with Gasteiger partial charge >= 0.3 is 0 Å². The molecular formula is C18H14F2N4O2. The van der Waals surface area contributed by atoms with Crippen LogP contribution in [0.25, 0.3) is 0 Å². The Morgan fingerprint density at radius 3 is 2.62 bits per heavy atom. The molecule has 0 aliphatic carbocycles. The second kappa shape index (κ2) is 6.55. The molecule has 1 aliphatic heterocycles. The van der Waals surface area contributed by atoms with Gasteiger partial charge in [0, 0.05) is 18.3 Å². The SMILES string of the molecule is O=C1c2cc(COc3cncc(F)c3)nn2CCN1c1ccc(F)cc1. The van der Waals surface area contributed by atoms with E-state index in [0.717, 1.165) is 6.20 Å². The first-order valence-electron chi connectivity index (χ1n) is 7.98. The summed E-state index contributed by atoms with van der Waals surface area (Å²) >= 11 is 0. The molecule has 26 heavy (non-hydrogen) atoms. The summed E-state index contributed by atoms with van der Waals surface area (Å²) in [4.78, 5) is 18.0. The van der Waals surface area contributed by atoms with Gasteiger partial charge in [0.05, 0.1) is 18.9 Å². The van der Waals surface area contributed by atoms with Crippen LogP contribution in [0.5, 0.6) is 5.75 Å². The Labute approximate surface area is 147 Å². The topological polar surface area (TPSA) is 60.2 Å². The lowest BCUT2D eigenvalue weighted by Crippen LogP contribution is -2.40. The third-order valence-corrected chi connectivity index (χ3v) is 4.04. The van der Waals surface area contributed by atoms with Crippen molar-refractivity contribution in [2.24, 2.45) is 0 Å². The molecule has 0 unspecified atom stereocenters. The van der Waals surface area contributed by atoms with E-state index in [4.69, 9.17) is 4.74 Å². The number of rotatable bonds is 4. The van der Waals surface area contributed by atoms with E-state index in [0.29, 0.717) is 30.2 Å². The average Bonchev–Trinajstić information content (AvgIpc) is 3.06. The number of pyridine rings is 1. The van der Waals surface area contributed by atoms with Gasteiger partial charge in [-0.05, 0) is 30.3 Å². The van der Waals surface area contributed by atoms with Crippen molar-refractivity contribution in [3.8, 4) is 5.75 Å². The summed E-state index contributed by atoms with van der Waals surface area (Å²) in [6.07, 6.45) is 2.49. The molecule has 1 aromatic carbocycles. The quantitative estimate of drug-likeness (QED) is 0.721. The molecule has 0 radical (unpaired) electrons. The normalized spacial score (nSPS) is 13.6. The molecule has 1 aliphatic rings. The van der Waals surface area contributed by atoms with Crippen molar-refractivity contribution in [1.29, 1.82) is 0 Å². The number of nitrogens with zero attached hydrogens (tertiary/aromatic N) is 4. The molecule has 6 nitrogen and oxygen atoms in total. The van der Waals surface area contributed by atoms with Gasteiger partial charge < -0.3 is 9.64 Å². The smallest absolute Gasteiger partial charge is 0.276 e. The zero-order valence-corrected chi connectivity index (χ0v) is 13.6. The van der Waals surface area contributed by atoms with Crippen molar-refractivity contribution < 1.29 is 18.3 Å². The van der Waals surface area contributed by atoms with E-state index in [9.17, 15) is 13.6 Å². The number of aromatic nitrogens is 3. The predicted octanol–water partition coefficient (Wildman–Crippen LogP) is 2.80. The lowest BCUT2D eigenvalue weighted by molar-refractivity contribution is 0.0962. The fraction of sp³-hybridized carbons (Fsp3) is 0.167. The summed E-state index contributed by atoms with van der Waals surface area (Å²) in [5.74, 6) is -0.768. The van der Waals surface area contributed by atoms with E-state index in [1.165, 1.54) is 24.4 Å². The van der Waals surface area contributed by atoms with Crippen LogP contribution in [-0.2, 0) is 13.2 Å². The summed E-state index contributed by atoms with van der Waals surface area (Å²) < 4.78 is 33.3. The molecule has 132 valence electrons. The monoisotopic (exact) mass is 356 g/mol. The number of amides is 1. The molecule has 8 heteroatoms. The first-order valence-corrected chi connectivity index (χ1v) is 7.98. The Balaban J connectivity index is 1.51. The number of fused-ring (bicyclic) bond motifs is 1. The third kappa shape index (κ3) is 3.13. The minimum Gasteiger partial charge on any atom is -0.486 e. The fourth-order valence-corrected chi connectivity index (χ4v) is 2.81. The second-order valence-electron chi connectivity index (χ2n) is 5.80. The Morgan fingerprint density at radius 2 is 1.85 bits per heavy atom. The van der Waals surface area contributed by atoms with Crippen molar-refractivity contribution >= 4 is 11.6 Å². The van der Waals surface area contributed by atoms with Crippen LogP contribution in [0.4, 0.5) is 14.5 Å². The summed E-state index contributed by atoms with van der Waals surface area (Å²) in [5, 5.41) is 4.35. The first-order chi connectivity index (χ1) is 12.6. The van der Waals surface area contributed by atoms with Gasteiger partial charge in [-0.3, -0.25) is 14.5 Å². The van der Waals surface area contributed by atoms with Gasteiger partial charge in [-0.15, -0.1) is 0 Å². The van der Waals surface area contributed by atoms with Gasteiger partial charge in [-0.25, -0.2) is 8.78 Å². The summed E-state index contributed by atoms with van der Waals surface area (Å²) in [6, 6.07) is 8.65. The van der Waals surface area contributed by atoms with Crippen molar-refractivity contribution in [1.82, 2.24) is 14.8 Å². The highest BCUT2D eigenvalue weighted by Gasteiger charge is 2.27. The maximum Gasteiger partial charge on any atom is 0.276 e. The number of anilines is 1. The van der Waals surface area contributed by atoms with E-state index >= 15 is 0 Å². The second-order valence-corrected chi connectivity index (χ2v) is 5.80. The Morgan fingerprint density at radius 1 is 1.04 bits per heavy atom. The van der Waals surface area contributed by atoms with Crippen LogP contribution in [-0.4, -0.2) is 27.2 Å². The lowest BCUT2D eigenvalue weighted by atomic mass is 10.2.